The lowest BCUT2D eigenvalue weighted by Crippen LogP contribution is -2.12. The van der Waals surface area contributed by atoms with Gasteiger partial charge in [0.15, 0.2) is 0 Å². The van der Waals surface area contributed by atoms with Gasteiger partial charge in [0.1, 0.15) is 17.3 Å². The van der Waals surface area contributed by atoms with E-state index in [2.05, 4.69) is 9.97 Å². The third-order valence-corrected chi connectivity index (χ3v) is 2.74. The van der Waals surface area contributed by atoms with Crippen LogP contribution in [0.4, 0.5) is 5.82 Å². The number of nitrogens with zero attached hydrogens (tertiary/aromatic N) is 3. The highest BCUT2D eigenvalue weighted by Gasteiger charge is 2.15. The van der Waals surface area contributed by atoms with Gasteiger partial charge in [0.25, 0.3) is 0 Å². The van der Waals surface area contributed by atoms with Gasteiger partial charge in [-0.25, -0.2) is 4.98 Å². The minimum absolute atomic E-state index is 0.196. The highest BCUT2D eigenvalue weighted by molar-refractivity contribution is 6.29. The Balaban J connectivity index is 2.85. The fraction of sp³-hybridized carbons (Fsp3) is 0.333. The minimum atomic E-state index is 0.196. The molecule has 2 rings (SSSR count). The van der Waals surface area contributed by atoms with E-state index in [0.29, 0.717) is 22.8 Å². The second kappa shape index (κ2) is 4.86. The number of hydrogen-bond acceptors (Lipinski definition) is 5. The first-order chi connectivity index (χ1) is 8.56. The molecular formula is C12H14ClN3O2. The molecule has 1 heterocycles. The Labute approximate surface area is 110 Å². The van der Waals surface area contributed by atoms with Crippen molar-refractivity contribution in [3.05, 3.63) is 17.4 Å². The lowest BCUT2D eigenvalue weighted by Gasteiger charge is -2.16. The fourth-order valence-corrected chi connectivity index (χ4v) is 1.93. The average Bonchev–Trinajstić information content (AvgIpc) is 2.35. The van der Waals surface area contributed by atoms with Crippen molar-refractivity contribution < 1.29 is 9.47 Å². The van der Waals surface area contributed by atoms with Gasteiger partial charge in [-0.2, -0.15) is 4.98 Å². The van der Waals surface area contributed by atoms with Crippen LogP contribution >= 0.6 is 11.6 Å². The number of rotatable bonds is 3. The molecule has 0 unspecified atom stereocenters. The predicted octanol–water partition coefficient (Wildman–Crippen LogP) is 2.37. The Morgan fingerprint density at radius 3 is 2.39 bits per heavy atom. The number of ether oxygens (including phenoxy) is 2. The zero-order valence-electron chi connectivity index (χ0n) is 10.7. The molecule has 96 valence electrons. The molecule has 1 aromatic carbocycles. The molecule has 0 amide bonds. The van der Waals surface area contributed by atoms with Crippen molar-refractivity contribution in [3.63, 3.8) is 0 Å². The summed E-state index contributed by atoms with van der Waals surface area (Å²) in [5.41, 5.74) is 0.690. The second-order valence-electron chi connectivity index (χ2n) is 3.93. The second-order valence-corrected chi connectivity index (χ2v) is 4.27. The molecule has 0 atom stereocenters. The van der Waals surface area contributed by atoms with Gasteiger partial charge < -0.3 is 14.4 Å². The molecule has 1 aromatic heterocycles. The maximum atomic E-state index is 5.93. The van der Waals surface area contributed by atoms with E-state index >= 15 is 0 Å². The summed E-state index contributed by atoms with van der Waals surface area (Å²) in [4.78, 5) is 10.3. The summed E-state index contributed by atoms with van der Waals surface area (Å²) in [5, 5.41) is 1.01. The lowest BCUT2D eigenvalue weighted by molar-refractivity contribution is 0.398. The zero-order valence-corrected chi connectivity index (χ0v) is 11.4. The Kier molecular flexibility index (Phi) is 3.43. The summed E-state index contributed by atoms with van der Waals surface area (Å²) in [5.74, 6) is 2.04. The van der Waals surface area contributed by atoms with E-state index in [9.17, 15) is 0 Å². The molecule has 0 N–H and O–H groups in total. The van der Waals surface area contributed by atoms with E-state index in [4.69, 9.17) is 21.1 Å². The molecule has 0 spiro atoms. The Hall–Kier alpha value is -1.75. The number of fused-ring (bicyclic) bond motifs is 1. The van der Waals surface area contributed by atoms with Gasteiger partial charge in [-0.05, 0) is 11.6 Å². The molecule has 0 bridgehead atoms. The van der Waals surface area contributed by atoms with E-state index in [-0.39, 0.29) is 5.28 Å². The quantitative estimate of drug-likeness (QED) is 0.799. The summed E-state index contributed by atoms with van der Waals surface area (Å²) >= 11 is 5.93. The normalized spacial score (nSPS) is 10.5. The van der Waals surface area contributed by atoms with Crippen LogP contribution in [-0.4, -0.2) is 38.3 Å². The van der Waals surface area contributed by atoms with Gasteiger partial charge in [0.05, 0.1) is 25.1 Å². The molecular weight excluding hydrogens is 254 g/mol. The minimum Gasteiger partial charge on any atom is -0.497 e. The van der Waals surface area contributed by atoms with E-state index in [1.54, 1.807) is 26.4 Å². The van der Waals surface area contributed by atoms with Gasteiger partial charge >= 0.3 is 0 Å². The number of hydrogen-bond donors (Lipinski definition) is 0. The first-order valence-electron chi connectivity index (χ1n) is 5.33. The average molecular weight is 268 g/mol. The summed E-state index contributed by atoms with van der Waals surface area (Å²) in [6.45, 7) is 0. The first kappa shape index (κ1) is 12.7. The van der Waals surface area contributed by atoms with E-state index < -0.39 is 0 Å². The number of anilines is 1. The Bertz CT molecular complexity index is 587. The molecule has 0 fully saturated rings. The highest BCUT2D eigenvalue weighted by Crippen LogP contribution is 2.35. The van der Waals surface area contributed by atoms with E-state index in [1.807, 2.05) is 19.0 Å². The summed E-state index contributed by atoms with van der Waals surface area (Å²) in [6.07, 6.45) is 0. The smallest absolute Gasteiger partial charge is 0.224 e. The maximum Gasteiger partial charge on any atom is 0.224 e. The van der Waals surface area contributed by atoms with Crippen LogP contribution in [-0.2, 0) is 0 Å². The van der Waals surface area contributed by atoms with Crippen LogP contribution in [0.5, 0.6) is 11.5 Å². The molecule has 0 aliphatic carbocycles. The van der Waals surface area contributed by atoms with Crippen molar-refractivity contribution in [3.8, 4) is 11.5 Å². The highest BCUT2D eigenvalue weighted by atomic mass is 35.5. The molecule has 0 radical (unpaired) electrons. The molecule has 0 aliphatic rings. The third-order valence-electron chi connectivity index (χ3n) is 2.57. The molecule has 0 saturated carbocycles. The molecule has 0 aliphatic heterocycles. The van der Waals surface area contributed by atoms with Crippen LogP contribution in [0.2, 0.25) is 5.28 Å². The lowest BCUT2D eigenvalue weighted by atomic mass is 10.2. The molecule has 2 aromatic rings. The van der Waals surface area contributed by atoms with Crippen molar-refractivity contribution in [1.29, 1.82) is 0 Å². The van der Waals surface area contributed by atoms with Crippen LogP contribution in [0.25, 0.3) is 10.9 Å². The van der Waals surface area contributed by atoms with E-state index in [1.165, 1.54) is 0 Å². The van der Waals surface area contributed by atoms with E-state index in [0.717, 1.165) is 5.39 Å². The monoisotopic (exact) mass is 267 g/mol. The first-order valence-corrected chi connectivity index (χ1v) is 5.71. The van der Waals surface area contributed by atoms with Gasteiger partial charge in [-0.15, -0.1) is 0 Å². The van der Waals surface area contributed by atoms with Crippen molar-refractivity contribution in [2.24, 2.45) is 0 Å². The van der Waals surface area contributed by atoms with Crippen LogP contribution in [0.3, 0.4) is 0 Å². The van der Waals surface area contributed by atoms with Crippen molar-refractivity contribution in [1.82, 2.24) is 9.97 Å². The number of methoxy groups -OCH3 is 2. The number of halogens is 1. The summed E-state index contributed by atoms with van der Waals surface area (Å²) in [6, 6.07) is 3.60. The molecule has 0 saturated heterocycles. The fourth-order valence-electron chi connectivity index (χ4n) is 1.76. The number of aromatic nitrogens is 2. The standard InChI is InChI=1S/C12H14ClN3O2/c1-16(2)11-10-8(14-12(13)15-11)5-7(17-3)6-9(10)18-4/h5-6H,1-4H3. The molecule has 5 nitrogen and oxygen atoms in total. The number of benzene rings is 1. The molecule has 6 heteroatoms. The SMILES string of the molecule is COc1cc(OC)c2c(N(C)C)nc(Cl)nc2c1. The van der Waals surface area contributed by atoms with Crippen molar-refractivity contribution >= 4 is 28.3 Å². The topological polar surface area (TPSA) is 47.5 Å². The van der Waals surface area contributed by atoms with Crippen LogP contribution in [0.15, 0.2) is 12.1 Å². The van der Waals surface area contributed by atoms with Crippen LogP contribution in [0.1, 0.15) is 0 Å². The summed E-state index contributed by atoms with van der Waals surface area (Å²) in [7, 11) is 6.97. The maximum absolute atomic E-state index is 5.93. The Morgan fingerprint density at radius 1 is 1.11 bits per heavy atom. The van der Waals surface area contributed by atoms with Crippen molar-refractivity contribution in [2.45, 2.75) is 0 Å². The van der Waals surface area contributed by atoms with Gasteiger partial charge in [0.2, 0.25) is 5.28 Å². The largest absolute Gasteiger partial charge is 0.497 e. The summed E-state index contributed by atoms with van der Waals surface area (Å²) < 4.78 is 10.6. The van der Waals surface area contributed by atoms with Crippen LogP contribution < -0.4 is 14.4 Å². The zero-order chi connectivity index (χ0) is 13.3. The van der Waals surface area contributed by atoms with Gasteiger partial charge in [-0.3, -0.25) is 0 Å². The third kappa shape index (κ3) is 2.13. The van der Waals surface area contributed by atoms with Gasteiger partial charge in [-0.1, -0.05) is 0 Å². The van der Waals surface area contributed by atoms with Crippen LogP contribution in [0, 0.1) is 0 Å². The van der Waals surface area contributed by atoms with Crippen molar-refractivity contribution in [2.75, 3.05) is 33.2 Å². The molecule has 18 heavy (non-hydrogen) atoms. The Morgan fingerprint density at radius 2 is 1.83 bits per heavy atom. The predicted molar refractivity (Wildman–Crippen MR) is 72.0 cm³/mol. The van der Waals surface area contributed by atoms with Gasteiger partial charge in [0, 0.05) is 26.2 Å².